The van der Waals surface area contributed by atoms with Gasteiger partial charge in [-0.15, -0.1) is 24.0 Å². The molecule has 1 aromatic heterocycles. The Morgan fingerprint density at radius 3 is 2.84 bits per heavy atom. The molecule has 0 spiro atoms. The predicted molar refractivity (Wildman–Crippen MR) is 109 cm³/mol. The maximum atomic E-state index is 11.9. The van der Waals surface area contributed by atoms with Gasteiger partial charge in [-0.2, -0.15) is 0 Å². The lowest BCUT2D eigenvalue weighted by Crippen LogP contribution is -2.44. The van der Waals surface area contributed by atoms with Gasteiger partial charge in [-0.3, -0.25) is 4.99 Å². The largest absolute Gasteiger partial charge is 0.469 e. The first-order valence-corrected chi connectivity index (χ1v) is 8.35. The van der Waals surface area contributed by atoms with Crippen molar-refractivity contribution in [1.29, 1.82) is 0 Å². The van der Waals surface area contributed by atoms with Crippen LogP contribution in [0.15, 0.2) is 27.8 Å². The minimum absolute atomic E-state index is 0. The number of ether oxygens (including phenoxy) is 1. The van der Waals surface area contributed by atoms with E-state index in [0.717, 1.165) is 44.2 Å². The normalized spacial score (nSPS) is 17.8. The van der Waals surface area contributed by atoms with Crippen LogP contribution in [-0.2, 0) is 11.2 Å². The molecule has 1 aliphatic heterocycles. The Balaban J connectivity index is 0.00000312. The van der Waals surface area contributed by atoms with E-state index in [-0.39, 0.29) is 36.1 Å². The van der Waals surface area contributed by atoms with Gasteiger partial charge < -0.3 is 24.7 Å². The molecule has 0 bridgehead atoms. The summed E-state index contributed by atoms with van der Waals surface area (Å²) in [4.78, 5) is 18.3. The minimum atomic E-state index is -0.480. The van der Waals surface area contributed by atoms with Crippen LogP contribution in [0.3, 0.4) is 0 Å². The van der Waals surface area contributed by atoms with Crippen molar-refractivity contribution >= 4 is 36.0 Å². The molecule has 25 heavy (non-hydrogen) atoms. The Morgan fingerprint density at radius 1 is 1.48 bits per heavy atom. The van der Waals surface area contributed by atoms with Crippen molar-refractivity contribution in [3.05, 3.63) is 24.2 Å². The van der Waals surface area contributed by atoms with Crippen molar-refractivity contribution in [3.63, 3.8) is 0 Å². The maximum Gasteiger partial charge on any atom is 0.407 e. The van der Waals surface area contributed by atoms with Crippen LogP contribution < -0.4 is 10.6 Å². The molecule has 1 fully saturated rings. The van der Waals surface area contributed by atoms with Gasteiger partial charge in [0, 0.05) is 33.1 Å². The van der Waals surface area contributed by atoms with Crippen molar-refractivity contribution in [2.24, 2.45) is 4.99 Å². The van der Waals surface area contributed by atoms with Crippen LogP contribution in [0, 0.1) is 0 Å². The predicted octanol–water partition coefficient (Wildman–Crippen LogP) is 2.61. The summed E-state index contributed by atoms with van der Waals surface area (Å²) < 4.78 is 10.6. The zero-order chi connectivity index (χ0) is 17.6. The number of likely N-dealkylation sites (tertiary alicyclic amines) is 1. The Morgan fingerprint density at radius 2 is 2.24 bits per heavy atom. The summed E-state index contributed by atoms with van der Waals surface area (Å²) in [5.74, 6) is 1.79. The van der Waals surface area contributed by atoms with Gasteiger partial charge in [0.05, 0.1) is 12.3 Å². The van der Waals surface area contributed by atoms with Gasteiger partial charge in [0.1, 0.15) is 11.4 Å². The molecule has 2 N–H and O–H groups in total. The number of halogens is 1. The summed E-state index contributed by atoms with van der Waals surface area (Å²) in [6, 6.07) is 3.92. The Bertz CT molecular complexity index is 555. The molecule has 1 amide bonds. The fraction of sp³-hybridized carbons (Fsp3) is 0.647. The number of carbonyl (C=O) groups is 1. The molecule has 2 rings (SSSR count). The van der Waals surface area contributed by atoms with E-state index in [0.29, 0.717) is 0 Å². The molecule has 2 heterocycles. The number of alkyl carbamates (subject to hydrolysis) is 1. The lowest BCUT2D eigenvalue weighted by molar-refractivity contribution is 0.0507. The highest BCUT2D eigenvalue weighted by Gasteiger charge is 2.27. The second-order valence-electron chi connectivity index (χ2n) is 6.88. The van der Waals surface area contributed by atoms with Crippen LogP contribution in [0.5, 0.6) is 0 Å². The van der Waals surface area contributed by atoms with Gasteiger partial charge in [-0.1, -0.05) is 0 Å². The van der Waals surface area contributed by atoms with Crippen molar-refractivity contribution in [2.75, 3.05) is 26.7 Å². The van der Waals surface area contributed by atoms with Crippen LogP contribution >= 0.6 is 24.0 Å². The molecule has 0 radical (unpaired) electrons. The molecule has 1 aliphatic rings. The Labute approximate surface area is 166 Å². The first kappa shape index (κ1) is 21.6. The standard InChI is InChI=1S/C17H28N4O3.HI/c1-17(2,3)24-16(22)20-13-8-10-21(12-13)15(18-4)19-9-7-14-6-5-11-23-14;/h5-6,11,13H,7-10,12H2,1-4H3,(H,18,19)(H,20,22);1H. The smallest absolute Gasteiger partial charge is 0.407 e. The minimum Gasteiger partial charge on any atom is -0.469 e. The summed E-state index contributed by atoms with van der Waals surface area (Å²) in [5.41, 5.74) is -0.480. The SMILES string of the molecule is CN=C(NCCc1ccco1)N1CCC(NC(=O)OC(C)(C)C)C1.I. The van der Waals surface area contributed by atoms with E-state index in [9.17, 15) is 4.79 Å². The molecule has 1 unspecified atom stereocenters. The van der Waals surface area contributed by atoms with Crippen LogP contribution in [0.2, 0.25) is 0 Å². The number of amides is 1. The van der Waals surface area contributed by atoms with Gasteiger partial charge in [0.2, 0.25) is 0 Å². The third-order valence-electron chi connectivity index (χ3n) is 3.66. The number of rotatable bonds is 4. The number of hydrogen-bond donors (Lipinski definition) is 2. The second-order valence-corrected chi connectivity index (χ2v) is 6.88. The van der Waals surface area contributed by atoms with Gasteiger partial charge in [0.25, 0.3) is 0 Å². The number of nitrogens with zero attached hydrogens (tertiary/aromatic N) is 2. The third-order valence-corrected chi connectivity index (χ3v) is 3.66. The molecule has 0 aliphatic carbocycles. The van der Waals surface area contributed by atoms with E-state index in [1.807, 2.05) is 32.9 Å². The van der Waals surface area contributed by atoms with Crippen LogP contribution in [-0.4, -0.2) is 55.3 Å². The van der Waals surface area contributed by atoms with E-state index in [1.165, 1.54) is 0 Å². The van der Waals surface area contributed by atoms with Gasteiger partial charge in [0.15, 0.2) is 5.96 Å². The summed E-state index contributed by atoms with van der Waals surface area (Å²) >= 11 is 0. The van der Waals surface area contributed by atoms with Crippen molar-refractivity contribution in [2.45, 2.75) is 45.3 Å². The Hall–Kier alpha value is -1.45. The summed E-state index contributed by atoms with van der Waals surface area (Å²) in [7, 11) is 1.77. The number of guanidine groups is 1. The summed E-state index contributed by atoms with van der Waals surface area (Å²) in [6.45, 7) is 7.90. The lowest BCUT2D eigenvalue weighted by Gasteiger charge is -2.23. The van der Waals surface area contributed by atoms with E-state index < -0.39 is 5.60 Å². The lowest BCUT2D eigenvalue weighted by atomic mass is 10.2. The molecule has 8 heteroatoms. The first-order chi connectivity index (χ1) is 11.4. The fourth-order valence-electron chi connectivity index (χ4n) is 2.63. The van der Waals surface area contributed by atoms with Crippen molar-refractivity contribution in [3.8, 4) is 0 Å². The van der Waals surface area contributed by atoms with E-state index >= 15 is 0 Å². The van der Waals surface area contributed by atoms with Gasteiger partial charge in [-0.05, 0) is 39.3 Å². The average molecular weight is 464 g/mol. The van der Waals surface area contributed by atoms with Crippen molar-refractivity contribution < 1.29 is 13.9 Å². The summed E-state index contributed by atoms with van der Waals surface area (Å²) in [6.07, 6.45) is 2.99. The van der Waals surface area contributed by atoms with E-state index in [1.54, 1.807) is 13.3 Å². The highest BCUT2D eigenvalue weighted by molar-refractivity contribution is 14.0. The monoisotopic (exact) mass is 464 g/mol. The zero-order valence-electron chi connectivity index (χ0n) is 15.4. The molecular formula is C17H29IN4O3. The van der Waals surface area contributed by atoms with Gasteiger partial charge >= 0.3 is 6.09 Å². The van der Waals surface area contributed by atoms with Crippen LogP contribution in [0.25, 0.3) is 0 Å². The molecule has 0 aromatic carbocycles. The highest BCUT2D eigenvalue weighted by Crippen LogP contribution is 2.12. The molecule has 7 nitrogen and oxygen atoms in total. The fourth-order valence-corrected chi connectivity index (χ4v) is 2.63. The first-order valence-electron chi connectivity index (χ1n) is 8.35. The van der Waals surface area contributed by atoms with E-state index in [2.05, 4.69) is 20.5 Å². The highest BCUT2D eigenvalue weighted by atomic mass is 127. The molecule has 1 saturated heterocycles. The number of nitrogens with one attached hydrogen (secondary N) is 2. The molecule has 0 saturated carbocycles. The molecule has 1 atom stereocenters. The zero-order valence-corrected chi connectivity index (χ0v) is 17.7. The second kappa shape index (κ2) is 9.88. The third kappa shape index (κ3) is 7.54. The molecule has 142 valence electrons. The van der Waals surface area contributed by atoms with Crippen molar-refractivity contribution in [1.82, 2.24) is 15.5 Å². The number of aliphatic imine (C=N–C) groups is 1. The quantitative estimate of drug-likeness (QED) is 0.407. The molecule has 1 aromatic rings. The van der Waals surface area contributed by atoms with Gasteiger partial charge in [-0.25, -0.2) is 4.79 Å². The maximum absolute atomic E-state index is 11.9. The summed E-state index contributed by atoms with van der Waals surface area (Å²) in [5, 5.41) is 6.26. The number of hydrogen-bond acceptors (Lipinski definition) is 4. The van der Waals surface area contributed by atoms with Crippen LogP contribution in [0.1, 0.15) is 33.0 Å². The number of carbonyl (C=O) groups excluding carboxylic acids is 1. The molecular weight excluding hydrogens is 435 g/mol. The number of furan rings is 1. The average Bonchev–Trinajstić information content (AvgIpc) is 3.13. The van der Waals surface area contributed by atoms with E-state index in [4.69, 9.17) is 9.15 Å². The Kier molecular flexibility index (Phi) is 8.54. The topological polar surface area (TPSA) is 79.1 Å². The van der Waals surface area contributed by atoms with Crippen LogP contribution in [0.4, 0.5) is 4.79 Å².